The molecule has 2 aromatic rings. The van der Waals surface area contributed by atoms with Crippen LogP contribution in [0.5, 0.6) is 0 Å². The van der Waals surface area contributed by atoms with Crippen molar-refractivity contribution in [1.82, 2.24) is 4.57 Å². The Bertz CT molecular complexity index is 494. The van der Waals surface area contributed by atoms with Gasteiger partial charge < -0.3 is 4.57 Å². The predicted octanol–water partition coefficient (Wildman–Crippen LogP) is 4.59. The molecular formula is C14H16BrN. The van der Waals surface area contributed by atoms with Gasteiger partial charge in [0.1, 0.15) is 0 Å². The second kappa shape index (κ2) is 4.25. The Kier molecular flexibility index (Phi) is 2.76. The summed E-state index contributed by atoms with van der Waals surface area (Å²) in [5, 5.41) is 1.35. The summed E-state index contributed by atoms with van der Waals surface area (Å²) < 4.78 is 3.59. The summed E-state index contributed by atoms with van der Waals surface area (Å²) in [5.74, 6) is 0.898. The molecule has 3 rings (SSSR count). The molecule has 1 aromatic carbocycles. The normalized spacial score (nSPS) is 17.3. The fraction of sp³-hybridized carbons (Fsp3) is 0.429. The highest BCUT2D eigenvalue weighted by Crippen LogP contribution is 2.28. The van der Waals surface area contributed by atoms with Crippen molar-refractivity contribution in [2.24, 2.45) is 5.92 Å². The van der Waals surface area contributed by atoms with Crippen LogP contribution in [-0.4, -0.2) is 4.57 Å². The second-order valence-corrected chi connectivity index (χ2v) is 5.74. The van der Waals surface area contributed by atoms with Crippen LogP contribution in [0, 0.1) is 5.92 Å². The Hall–Kier alpha value is -0.760. The lowest BCUT2D eigenvalue weighted by Crippen LogP contribution is -2.05. The summed E-state index contributed by atoms with van der Waals surface area (Å²) in [4.78, 5) is 0. The molecule has 0 saturated heterocycles. The molecule has 0 N–H and O–H groups in total. The predicted molar refractivity (Wildman–Crippen MR) is 71.6 cm³/mol. The third-order valence-corrected chi connectivity index (χ3v) is 4.16. The molecule has 84 valence electrons. The lowest BCUT2D eigenvalue weighted by atomic mass is 10.1. The summed E-state index contributed by atoms with van der Waals surface area (Å²) >= 11 is 3.55. The first-order chi connectivity index (χ1) is 7.83. The lowest BCUT2D eigenvalue weighted by molar-refractivity contribution is 0.466. The zero-order valence-corrected chi connectivity index (χ0v) is 10.9. The molecule has 0 atom stereocenters. The molecule has 0 amide bonds. The van der Waals surface area contributed by atoms with E-state index in [1.165, 1.54) is 47.6 Å². The van der Waals surface area contributed by atoms with Crippen molar-refractivity contribution < 1.29 is 0 Å². The SMILES string of the molecule is Brc1ccc2ccn(CC3CCCC3)c2c1. The average molecular weight is 278 g/mol. The van der Waals surface area contributed by atoms with Gasteiger partial charge in [-0.05, 0) is 42.3 Å². The van der Waals surface area contributed by atoms with Gasteiger partial charge in [0.05, 0.1) is 0 Å². The lowest BCUT2D eigenvalue weighted by Gasteiger charge is -2.11. The van der Waals surface area contributed by atoms with Gasteiger partial charge in [0, 0.05) is 22.7 Å². The van der Waals surface area contributed by atoms with Crippen molar-refractivity contribution in [3.8, 4) is 0 Å². The Morgan fingerprint density at radius 2 is 2.00 bits per heavy atom. The van der Waals surface area contributed by atoms with Gasteiger partial charge in [-0.1, -0.05) is 34.8 Å². The minimum atomic E-state index is 0.898. The Morgan fingerprint density at radius 1 is 1.19 bits per heavy atom. The molecule has 1 heterocycles. The van der Waals surface area contributed by atoms with Crippen molar-refractivity contribution in [3.63, 3.8) is 0 Å². The minimum Gasteiger partial charge on any atom is -0.347 e. The second-order valence-electron chi connectivity index (χ2n) is 4.82. The van der Waals surface area contributed by atoms with E-state index in [0.717, 1.165) is 5.92 Å². The van der Waals surface area contributed by atoms with E-state index in [1.807, 2.05) is 0 Å². The zero-order valence-electron chi connectivity index (χ0n) is 9.32. The Morgan fingerprint density at radius 3 is 2.81 bits per heavy atom. The monoisotopic (exact) mass is 277 g/mol. The molecule has 1 fully saturated rings. The van der Waals surface area contributed by atoms with Crippen molar-refractivity contribution in [2.75, 3.05) is 0 Å². The zero-order chi connectivity index (χ0) is 11.0. The van der Waals surface area contributed by atoms with Crippen LogP contribution in [0.2, 0.25) is 0 Å². The average Bonchev–Trinajstić information content (AvgIpc) is 2.90. The van der Waals surface area contributed by atoms with Gasteiger partial charge in [0.15, 0.2) is 0 Å². The fourth-order valence-electron chi connectivity index (χ4n) is 2.79. The van der Waals surface area contributed by atoms with Gasteiger partial charge >= 0.3 is 0 Å². The van der Waals surface area contributed by atoms with E-state index >= 15 is 0 Å². The van der Waals surface area contributed by atoms with Crippen LogP contribution < -0.4 is 0 Å². The smallest absolute Gasteiger partial charge is 0.0491 e. The molecule has 2 heteroatoms. The summed E-state index contributed by atoms with van der Waals surface area (Å²) in [6, 6.07) is 8.74. The molecule has 0 unspecified atom stereocenters. The highest BCUT2D eigenvalue weighted by Gasteiger charge is 2.15. The van der Waals surface area contributed by atoms with Gasteiger partial charge in [-0.15, -0.1) is 0 Å². The van der Waals surface area contributed by atoms with Crippen molar-refractivity contribution >= 4 is 26.8 Å². The fourth-order valence-corrected chi connectivity index (χ4v) is 3.14. The molecule has 0 bridgehead atoms. The largest absolute Gasteiger partial charge is 0.347 e. The van der Waals surface area contributed by atoms with Crippen LogP contribution in [0.4, 0.5) is 0 Å². The van der Waals surface area contributed by atoms with Crippen LogP contribution in [0.1, 0.15) is 25.7 Å². The van der Waals surface area contributed by atoms with Crippen LogP contribution in [0.3, 0.4) is 0 Å². The highest BCUT2D eigenvalue weighted by molar-refractivity contribution is 9.10. The van der Waals surface area contributed by atoms with Gasteiger partial charge in [-0.2, -0.15) is 0 Å². The van der Waals surface area contributed by atoms with E-state index in [1.54, 1.807) is 0 Å². The Balaban J connectivity index is 1.93. The first-order valence-corrected chi connectivity index (χ1v) is 6.86. The number of fused-ring (bicyclic) bond motifs is 1. The molecule has 0 spiro atoms. The van der Waals surface area contributed by atoms with Gasteiger partial charge in [-0.25, -0.2) is 0 Å². The van der Waals surface area contributed by atoms with E-state index < -0.39 is 0 Å². The standard InChI is InChI=1S/C14H16BrN/c15-13-6-5-12-7-8-16(14(12)9-13)10-11-3-1-2-4-11/h5-9,11H,1-4,10H2. The van der Waals surface area contributed by atoms with Crippen molar-refractivity contribution in [1.29, 1.82) is 0 Å². The molecule has 0 aliphatic heterocycles. The van der Waals surface area contributed by atoms with E-state index in [2.05, 4.69) is 51.0 Å². The van der Waals surface area contributed by atoms with E-state index in [0.29, 0.717) is 0 Å². The van der Waals surface area contributed by atoms with Crippen LogP contribution in [-0.2, 0) is 6.54 Å². The van der Waals surface area contributed by atoms with Gasteiger partial charge in [0.25, 0.3) is 0 Å². The number of hydrogen-bond acceptors (Lipinski definition) is 0. The Labute approximate surface area is 105 Å². The first kappa shape index (κ1) is 10.4. The molecule has 1 saturated carbocycles. The molecule has 0 radical (unpaired) electrons. The summed E-state index contributed by atoms with van der Waals surface area (Å²) in [7, 11) is 0. The van der Waals surface area contributed by atoms with E-state index in [9.17, 15) is 0 Å². The van der Waals surface area contributed by atoms with Crippen LogP contribution >= 0.6 is 15.9 Å². The number of rotatable bonds is 2. The number of hydrogen-bond donors (Lipinski definition) is 0. The van der Waals surface area contributed by atoms with Crippen molar-refractivity contribution in [2.45, 2.75) is 32.2 Å². The summed E-state index contributed by atoms with van der Waals surface area (Å²) in [6.45, 7) is 1.19. The maximum atomic E-state index is 3.55. The maximum Gasteiger partial charge on any atom is 0.0491 e. The summed E-state index contributed by atoms with van der Waals surface area (Å²) in [6.07, 6.45) is 7.90. The molecule has 1 aromatic heterocycles. The maximum absolute atomic E-state index is 3.55. The third kappa shape index (κ3) is 1.91. The van der Waals surface area contributed by atoms with E-state index in [4.69, 9.17) is 0 Å². The van der Waals surface area contributed by atoms with E-state index in [-0.39, 0.29) is 0 Å². The van der Waals surface area contributed by atoms with Crippen molar-refractivity contribution in [3.05, 3.63) is 34.9 Å². The first-order valence-electron chi connectivity index (χ1n) is 6.07. The molecular weight excluding hydrogens is 262 g/mol. The van der Waals surface area contributed by atoms with Gasteiger partial charge in [-0.3, -0.25) is 0 Å². The molecule has 1 aliphatic carbocycles. The third-order valence-electron chi connectivity index (χ3n) is 3.67. The number of benzene rings is 1. The highest BCUT2D eigenvalue weighted by atomic mass is 79.9. The quantitative estimate of drug-likeness (QED) is 0.757. The number of aromatic nitrogens is 1. The van der Waals surface area contributed by atoms with Crippen LogP contribution in [0.25, 0.3) is 10.9 Å². The molecule has 16 heavy (non-hydrogen) atoms. The van der Waals surface area contributed by atoms with Crippen LogP contribution in [0.15, 0.2) is 34.9 Å². The minimum absolute atomic E-state index is 0.898. The number of halogens is 1. The molecule has 1 aliphatic rings. The van der Waals surface area contributed by atoms with Gasteiger partial charge in [0.2, 0.25) is 0 Å². The topological polar surface area (TPSA) is 4.93 Å². The summed E-state index contributed by atoms with van der Waals surface area (Å²) in [5.41, 5.74) is 1.36. The number of nitrogens with zero attached hydrogens (tertiary/aromatic N) is 1. The molecule has 1 nitrogen and oxygen atoms in total.